The third kappa shape index (κ3) is 2.50. The van der Waals surface area contributed by atoms with E-state index in [1.807, 2.05) is 0 Å². The van der Waals surface area contributed by atoms with Crippen molar-refractivity contribution in [3.63, 3.8) is 0 Å². The number of esters is 1. The summed E-state index contributed by atoms with van der Waals surface area (Å²) >= 11 is 0. The number of nitrogens with two attached hydrogens (primary N) is 1. The lowest BCUT2D eigenvalue weighted by Crippen LogP contribution is -2.42. The van der Waals surface area contributed by atoms with E-state index in [2.05, 4.69) is 4.74 Å². The second-order valence-corrected chi connectivity index (χ2v) is 3.76. The molecule has 0 heterocycles. The molecule has 1 aromatic rings. The Hall–Kier alpha value is -1.75. The number of rotatable bonds is 4. The minimum absolute atomic E-state index is 0.510. The molecule has 1 rings (SSSR count). The van der Waals surface area contributed by atoms with Crippen LogP contribution in [-0.4, -0.2) is 27.3 Å². The van der Waals surface area contributed by atoms with Crippen molar-refractivity contribution in [2.75, 3.05) is 21.3 Å². The molecular formula is C12H17NO4. The number of hydrogen-bond donors (Lipinski definition) is 1. The zero-order valence-electron chi connectivity index (χ0n) is 10.4. The lowest BCUT2D eigenvalue weighted by atomic mass is 9.93. The van der Waals surface area contributed by atoms with Gasteiger partial charge in [0.05, 0.1) is 21.3 Å². The van der Waals surface area contributed by atoms with Crippen molar-refractivity contribution >= 4 is 5.97 Å². The van der Waals surface area contributed by atoms with Gasteiger partial charge in [-0.3, -0.25) is 0 Å². The van der Waals surface area contributed by atoms with E-state index in [9.17, 15) is 4.79 Å². The summed E-state index contributed by atoms with van der Waals surface area (Å²) in [5, 5.41) is 0. The van der Waals surface area contributed by atoms with Crippen molar-refractivity contribution in [1.29, 1.82) is 0 Å². The van der Waals surface area contributed by atoms with Crippen LogP contribution in [-0.2, 0) is 15.1 Å². The first-order chi connectivity index (χ1) is 7.97. The molecule has 0 saturated carbocycles. The van der Waals surface area contributed by atoms with Gasteiger partial charge in [0.25, 0.3) is 0 Å². The van der Waals surface area contributed by atoms with Crippen LogP contribution < -0.4 is 15.2 Å². The fourth-order valence-electron chi connectivity index (χ4n) is 1.49. The average Bonchev–Trinajstić information content (AvgIpc) is 2.36. The first-order valence-corrected chi connectivity index (χ1v) is 5.07. The monoisotopic (exact) mass is 239 g/mol. The van der Waals surface area contributed by atoms with Crippen LogP contribution in [0, 0.1) is 0 Å². The average molecular weight is 239 g/mol. The largest absolute Gasteiger partial charge is 0.493 e. The quantitative estimate of drug-likeness (QED) is 0.795. The van der Waals surface area contributed by atoms with E-state index in [0.717, 1.165) is 0 Å². The molecule has 2 N–H and O–H groups in total. The number of benzene rings is 1. The zero-order chi connectivity index (χ0) is 13.1. The Balaban J connectivity index is 3.19. The van der Waals surface area contributed by atoms with Crippen LogP contribution in [0.3, 0.4) is 0 Å². The van der Waals surface area contributed by atoms with Crippen LogP contribution in [0.5, 0.6) is 11.5 Å². The molecule has 17 heavy (non-hydrogen) atoms. The zero-order valence-corrected chi connectivity index (χ0v) is 10.4. The Kier molecular flexibility index (Phi) is 3.96. The van der Waals surface area contributed by atoms with Crippen molar-refractivity contribution in [2.45, 2.75) is 12.5 Å². The number of hydrogen-bond acceptors (Lipinski definition) is 5. The fourth-order valence-corrected chi connectivity index (χ4v) is 1.49. The molecule has 1 aromatic carbocycles. The van der Waals surface area contributed by atoms with Gasteiger partial charge in [-0.05, 0) is 24.6 Å². The molecule has 0 aliphatic rings. The van der Waals surface area contributed by atoms with Crippen LogP contribution in [0.25, 0.3) is 0 Å². The molecule has 0 radical (unpaired) electrons. The van der Waals surface area contributed by atoms with E-state index in [0.29, 0.717) is 17.1 Å². The molecule has 0 aliphatic heterocycles. The maximum absolute atomic E-state index is 11.6. The van der Waals surface area contributed by atoms with Gasteiger partial charge >= 0.3 is 5.97 Å². The molecule has 0 saturated heterocycles. The molecule has 1 atom stereocenters. The van der Waals surface area contributed by atoms with E-state index in [4.69, 9.17) is 15.2 Å². The number of carbonyl (C=O) groups excluding carboxylic acids is 1. The molecule has 94 valence electrons. The Morgan fingerprint density at radius 1 is 1.18 bits per heavy atom. The van der Waals surface area contributed by atoms with E-state index < -0.39 is 11.5 Å². The summed E-state index contributed by atoms with van der Waals surface area (Å²) in [6, 6.07) is 5.07. The van der Waals surface area contributed by atoms with Gasteiger partial charge in [0, 0.05) is 0 Å². The second-order valence-electron chi connectivity index (χ2n) is 3.76. The minimum atomic E-state index is -1.21. The summed E-state index contributed by atoms with van der Waals surface area (Å²) in [5.74, 6) is 0.590. The molecule has 1 unspecified atom stereocenters. The summed E-state index contributed by atoms with van der Waals surface area (Å²) in [6.45, 7) is 1.58. The lowest BCUT2D eigenvalue weighted by molar-refractivity contribution is -0.146. The van der Waals surface area contributed by atoms with Crippen molar-refractivity contribution in [2.24, 2.45) is 5.73 Å². The standard InChI is InChI=1S/C12H17NO4/c1-12(13,11(14)17-4)8-5-6-9(15-2)10(7-8)16-3/h5-7H,13H2,1-4H3. The summed E-state index contributed by atoms with van der Waals surface area (Å²) in [5.41, 5.74) is 5.32. The lowest BCUT2D eigenvalue weighted by Gasteiger charge is -2.22. The number of methoxy groups -OCH3 is 3. The van der Waals surface area contributed by atoms with E-state index in [1.54, 1.807) is 32.2 Å². The van der Waals surface area contributed by atoms with Gasteiger partial charge in [-0.25, -0.2) is 4.79 Å². The van der Waals surface area contributed by atoms with Crippen LogP contribution in [0.15, 0.2) is 18.2 Å². The van der Waals surface area contributed by atoms with Crippen molar-refractivity contribution in [1.82, 2.24) is 0 Å². The highest BCUT2D eigenvalue weighted by atomic mass is 16.5. The Bertz CT molecular complexity index is 415. The SMILES string of the molecule is COC(=O)C(C)(N)c1ccc(OC)c(OC)c1. The van der Waals surface area contributed by atoms with Crippen molar-refractivity contribution < 1.29 is 19.0 Å². The van der Waals surface area contributed by atoms with E-state index in [-0.39, 0.29) is 0 Å². The maximum Gasteiger partial charge on any atom is 0.330 e. The number of ether oxygens (including phenoxy) is 3. The van der Waals surface area contributed by atoms with Crippen LogP contribution >= 0.6 is 0 Å². The third-order valence-corrected chi connectivity index (χ3v) is 2.59. The van der Waals surface area contributed by atoms with Gasteiger partial charge in [-0.2, -0.15) is 0 Å². The predicted octanol–water partition coefficient (Wildman–Crippen LogP) is 1.05. The van der Waals surface area contributed by atoms with Gasteiger partial charge in [0.15, 0.2) is 11.5 Å². The topological polar surface area (TPSA) is 70.8 Å². The molecular weight excluding hydrogens is 222 g/mol. The predicted molar refractivity (Wildman–Crippen MR) is 63.1 cm³/mol. The Morgan fingerprint density at radius 3 is 2.24 bits per heavy atom. The van der Waals surface area contributed by atoms with Gasteiger partial charge in [-0.1, -0.05) is 6.07 Å². The third-order valence-electron chi connectivity index (χ3n) is 2.59. The normalized spacial score (nSPS) is 13.7. The van der Waals surface area contributed by atoms with E-state index >= 15 is 0 Å². The highest BCUT2D eigenvalue weighted by Gasteiger charge is 2.32. The molecule has 0 spiro atoms. The van der Waals surface area contributed by atoms with Crippen molar-refractivity contribution in [3.05, 3.63) is 23.8 Å². The molecule has 5 nitrogen and oxygen atoms in total. The van der Waals surface area contributed by atoms with Gasteiger partial charge < -0.3 is 19.9 Å². The van der Waals surface area contributed by atoms with Crippen molar-refractivity contribution in [3.8, 4) is 11.5 Å². The molecule has 0 aromatic heterocycles. The van der Waals surface area contributed by atoms with E-state index in [1.165, 1.54) is 14.2 Å². The first kappa shape index (κ1) is 13.3. The Labute approximate surface area is 100 Å². The van der Waals surface area contributed by atoms with Crippen LogP contribution in [0.2, 0.25) is 0 Å². The van der Waals surface area contributed by atoms with Gasteiger partial charge in [0.2, 0.25) is 0 Å². The maximum atomic E-state index is 11.6. The van der Waals surface area contributed by atoms with Crippen LogP contribution in [0.1, 0.15) is 12.5 Å². The summed E-state index contributed by atoms with van der Waals surface area (Å²) in [4.78, 5) is 11.6. The van der Waals surface area contributed by atoms with Gasteiger partial charge in [0.1, 0.15) is 5.54 Å². The molecule has 0 bridgehead atoms. The molecule has 0 amide bonds. The first-order valence-electron chi connectivity index (χ1n) is 5.07. The number of carbonyl (C=O) groups is 1. The second kappa shape index (κ2) is 5.05. The molecule has 0 fully saturated rings. The Morgan fingerprint density at radius 2 is 1.76 bits per heavy atom. The fraction of sp³-hybridized carbons (Fsp3) is 0.417. The van der Waals surface area contributed by atoms with Crippen LogP contribution in [0.4, 0.5) is 0 Å². The summed E-state index contributed by atoms with van der Waals surface area (Å²) in [6.07, 6.45) is 0. The minimum Gasteiger partial charge on any atom is -0.493 e. The smallest absolute Gasteiger partial charge is 0.330 e. The van der Waals surface area contributed by atoms with Gasteiger partial charge in [-0.15, -0.1) is 0 Å². The highest BCUT2D eigenvalue weighted by Crippen LogP contribution is 2.31. The summed E-state index contributed by atoms with van der Waals surface area (Å²) < 4.78 is 14.9. The highest BCUT2D eigenvalue weighted by molar-refractivity contribution is 5.82. The molecule has 0 aliphatic carbocycles. The summed E-state index contributed by atoms with van der Waals surface area (Å²) in [7, 11) is 4.36. The molecule has 5 heteroatoms.